The van der Waals surface area contributed by atoms with Gasteiger partial charge in [0, 0.05) is 5.56 Å². The maximum absolute atomic E-state index is 10.00. The van der Waals surface area contributed by atoms with Crippen LogP contribution in [-0.4, -0.2) is 16.8 Å². The molecule has 0 spiro atoms. The fourth-order valence-electron chi connectivity index (χ4n) is 2.15. The molecule has 1 aliphatic heterocycles. The Hall–Kier alpha value is -1.66. The van der Waals surface area contributed by atoms with Crippen molar-refractivity contribution in [1.82, 2.24) is 5.43 Å². The molecule has 22 heavy (non-hydrogen) atoms. The van der Waals surface area contributed by atoms with Crippen LogP contribution in [0, 0.1) is 0 Å². The number of hydrogen-bond acceptors (Lipinski definition) is 5. The monoisotopic (exact) mass is 378 g/mol. The molecule has 2 aromatic rings. The van der Waals surface area contributed by atoms with Crippen molar-refractivity contribution in [2.24, 2.45) is 5.10 Å². The van der Waals surface area contributed by atoms with Gasteiger partial charge in [-0.3, -0.25) is 5.43 Å². The van der Waals surface area contributed by atoms with Crippen LogP contribution in [0.4, 0.5) is 0 Å². The molecule has 0 fully saturated rings. The largest absolute Gasteiger partial charge is 0.503 e. The third kappa shape index (κ3) is 3.08. The minimum atomic E-state index is -0.00804. The number of hydrazone groups is 1. The Kier molecular flexibility index (Phi) is 4.59. The summed E-state index contributed by atoms with van der Waals surface area (Å²) in [5.74, 6) is 0.597. The molecule has 0 unspecified atom stereocenters. The van der Waals surface area contributed by atoms with Crippen LogP contribution in [0.5, 0.6) is 11.5 Å². The van der Waals surface area contributed by atoms with Crippen molar-refractivity contribution in [2.45, 2.75) is 12.3 Å². The fourth-order valence-corrected chi connectivity index (χ4v) is 3.59. The van der Waals surface area contributed by atoms with Crippen LogP contribution in [0.25, 0.3) is 0 Å². The summed E-state index contributed by atoms with van der Waals surface area (Å²) in [6.07, 6.45) is 0. The summed E-state index contributed by atoms with van der Waals surface area (Å²) in [5, 5.41) is 15.3. The molecule has 0 aromatic heterocycles. The number of rotatable bonds is 4. The molecule has 0 saturated heterocycles. The summed E-state index contributed by atoms with van der Waals surface area (Å²) in [6, 6.07) is 13.8. The van der Waals surface area contributed by atoms with Gasteiger partial charge in [-0.15, -0.1) is 0 Å². The number of ether oxygens (including phenoxy) is 1. The van der Waals surface area contributed by atoms with E-state index in [1.807, 2.05) is 49.4 Å². The second-order valence-electron chi connectivity index (χ2n) is 4.69. The van der Waals surface area contributed by atoms with Gasteiger partial charge in [0.05, 0.1) is 11.1 Å². The number of aromatic hydroxyl groups is 1. The van der Waals surface area contributed by atoms with Crippen molar-refractivity contribution in [3.8, 4) is 11.5 Å². The first kappa shape index (κ1) is 15.2. The first-order valence-electron chi connectivity index (χ1n) is 6.89. The summed E-state index contributed by atoms with van der Waals surface area (Å²) in [5.41, 5.74) is 5.21. The van der Waals surface area contributed by atoms with E-state index in [0.29, 0.717) is 16.8 Å². The van der Waals surface area contributed by atoms with Gasteiger partial charge in [0.15, 0.2) is 11.5 Å². The molecule has 0 bridgehead atoms. The van der Waals surface area contributed by atoms with Crippen molar-refractivity contribution in [2.75, 3.05) is 6.61 Å². The van der Waals surface area contributed by atoms with Crippen LogP contribution in [0.15, 0.2) is 52.0 Å². The number of nitrogens with one attached hydrogen (secondary N) is 1. The number of phenols is 1. The zero-order valence-electron chi connectivity index (χ0n) is 11.9. The van der Waals surface area contributed by atoms with Crippen molar-refractivity contribution in [1.29, 1.82) is 0 Å². The lowest BCUT2D eigenvalue weighted by Gasteiger charge is -2.14. The number of hydrogen-bond donors (Lipinski definition) is 2. The standard InChI is InChI=1S/C16H15BrN2O2S/c1-2-21-13-9-11(8-12(17)14(13)20)16-19-18-15(22-16)10-6-4-3-5-7-10/h3-9,16,19-20H,2H2,1H3/t16-/m0/s1. The van der Waals surface area contributed by atoms with Crippen molar-refractivity contribution in [3.63, 3.8) is 0 Å². The van der Waals surface area contributed by atoms with Crippen LogP contribution < -0.4 is 10.2 Å². The molecule has 0 radical (unpaired) electrons. The Morgan fingerprint density at radius 2 is 2.09 bits per heavy atom. The molecule has 3 rings (SSSR count). The summed E-state index contributed by atoms with van der Waals surface area (Å²) < 4.78 is 6.09. The average molecular weight is 379 g/mol. The fraction of sp³-hybridized carbons (Fsp3) is 0.188. The van der Waals surface area contributed by atoms with Gasteiger partial charge in [0.25, 0.3) is 0 Å². The number of nitrogens with zero attached hydrogens (tertiary/aromatic N) is 1. The van der Waals surface area contributed by atoms with Gasteiger partial charge in [0.2, 0.25) is 0 Å². The molecule has 0 aliphatic carbocycles. The highest BCUT2D eigenvalue weighted by molar-refractivity contribution is 9.10. The number of benzene rings is 2. The second-order valence-corrected chi connectivity index (χ2v) is 6.64. The maximum atomic E-state index is 10.00. The van der Waals surface area contributed by atoms with E-state index in [4.69, 9.17) is 4.74 Å². The number of thioether (sulfide) groups is 1. The molecule has 0 amide bonds. The minimum Gasteiger partial charge on any atom is -0.503 e. The van der Waals surface area contributed by atoms with Crippen LogP contribution in [0.2, 0.25) is 0 Å². The molecule has 4 nitrogen and oxygen atoms in total. The van der Waals surface area contributed by atoms with E-state index < -0.39 is 0 Å². The maximum Gasteiger partial charge on any atom is 0.172 e. The van der Waals surface area contributed by atoms with Gasteiger partial charge < -0.3 is 9.84 Å². The summed E-state index contributed by atoms with van der Waals surface area (Å²) in [6.45, 7) is 2.39. The predicted octanol–water partition coefficient (Wildman–Crippen LogP) is 4.25. The third-order valence-corrected chi connectivity index (χ3v) is 4.95. The Morgan fingerprint density at radius 3 is 2.82 bits per heavy atom. The summed E-state index contributed by atoms with van der Waals surface area (Å²) >= 11 is 5.01. The third-order valence-electron chi connectivity index (χ3n) is 3.19. The van der Waals surface area contributed by atoms with Gasteiger partial charge in [-0.2, -0.15) is 5.10 Å². The lowest BCUT2D eigenvalue weighted by Crippen LogP contribution is -2.07. The smallest absolute Gasteiger partial charge is 0.172 e. The Balaban J connectivity index is 1.82. The molecule has 1 atom stereocenters. The molecular formula is C16H15BrN2O2S. The van der Waals surface area contributed by atoms with Gasteiger partial charge in [-0.25, -0.2) is 0 Å². The lowest BCUT2D eigenvalue weighted by atomic mass is 10.2. The zero-order chi connectivity index (χ0) is 15.5. The number of phenolic OH excluding ortho intramolecular Hbond substituents is 1. The van der Waals surface area contributed by atoms with E-state index in [9.17, 15) is 5.11 Å². The molecule has 0 saturated carbocycles. The molecule has 114 valence electrons. The molecule has 6 heteroatoms. The Bertz CT molecular complexity index is 707. The van der Waals surface area contributed by atoms with E-state index in [-0.39, 0.29) is 11.1 Å². The quantitative estimate of drug-likeness (QED) is 0.834. The highest BCUT2D eigenvalue weighted by Crippen LogP contribution is 2.41. The summed E-state index contributed by atoms with van der Waals surface area (Å²) in [4.78, 5) is 0. The summed E-state index contributed by atoms with van der Waals surface area (Å²) in [7, 11) is 0. The van der Waals surface area contributed by atoms with E-state index in [2.05, 4.69) is 26.5 Å². The van der Waals surface area contributed by atoms with Crippen LogP contribution in [-0.2, 0) is 0 Å². The van der Waals surface area contributed by atoms with Crippen LogP contribution in [0.3, 0.4) is 0 Å². The Labute approximate surface area is 141 Å². The van der Waals surface area contributed by atoms with Gasteiger partial charge in [0.1, 0.15) is 10.4 Å². The SMILES string of the molecule is CCOc1cc([C@H]2NN=C(c3ccccc3)S2)cc(Br)c1O. The van der Waals surface area contributed by atoms with Gasteiger partial charge in [-0.1, -0.05) is 42.1 Å². The van der Waals surface area contributed by atoms with Crippen LogP contribution >= 0.6 is 27.7 Å². The lowest BCUT2D eigenvalue weighted by molar-refractivity contribution is 0.316. The van der Waals surface area contributed by atoms with Crippen molar-refractivity contribution >= 4 is 32.7 Å². The zero-order valence-corrected chi connectivity index (χ0v) is 14.3. The van der Waals surface area contributed by atoms with Crippen molar-refractivity contribution in [3.05, 3.63) is 58.1 Å². The topological polar surface area (TPSA) is 53.8 Å². The van der Waals surface area contributed by atoms with E-state index in [1.54, 1.807) is 11.8 Å². The van der Waals surface area contributed by atoms with Crippen molar-refractivity contribution < 1.29 is 9.84 Å². The first-order valence-corrected chi connectivity index (χ1v) is 8.56. The van der Waals surface area contributed by atoms with E-state index in [0.717, 1.165) is 16.2 Å². The normalized spacial score (nSPS) is 17.0. The molecule has 1 aliphatic rings. The molecular weight excluding hydrogens is 364 g/mol. The van der Waals surface area contributed by atoms with E-state index in [1.165, 1.54) is 0 Å². The highest BCUT2D eigenvalue weighted by atomic mass is 79.9. The predicted molar refractivity (Wildman–Crippen MR) is 93.4 cm³/mol. The Morgan fingerprint density at radius 1 is 1.32 bits per heavy atom. The van der Waals surface area contributed by atoms with Crippen LogP contribution in [0.1, 0.15) is 23.4 Å². The highest BCUT2D eigenvalue weighted by Gasteiger charge is 2.24. The first-order chi connectivity index (χ1) is 10.7. The van der Waals surface area contributed by atoms with E-state index >= 15 is 0 Å². The molecule has 2 aromatic carbocycles. The number of halogens is 1. The van der Waals surface area contributed by atoms with Gasteiger partial charge in [-0.05, 0) is 40.5 Å². The minimum absolute atomic E-state index is 0.00804. The molecule has 1 heterocycles. The average Bonchev–Trinajstić information content (AvgIpc) is 3.02. The van der Waals surface area contributed by atoms with Gasteiger partial charge >= 0.3 is 0 Å². The second kappa shape index (κ2) is 6.62. The molecule has 2 N–H and O–H groups in total.